The summed E-state index contributed by atoms with van der Waals surface area (Å²) < 4.78 is 27.5. The van der Waals surface area contributed by atoms with E-state index in [-0.39, 0.29) is 23.1 Å². The number of hydrogen-bond acceptors (Lipinski definition) is 2. The highest BCUT2D eigenvalue weighted by molar-refractivity contribution is 6.04. The van der Waals surface area contributed by atoms with Crippen LogP contribution < -0.4 is 10.2 Å². The number of halogens is 2. The smallest absolute Gasteiger partial charge is 0.248 e. The molecule has 1 fully saturated rings. The first-order chi connectivity index (χ1) is 12.4. The van der Waals surface area contributed by atoms with Gasteiger partial charge in [-0.15, -0.1) is 0 Å². The van der Waals surface area contributed by atoms with Crippen LogP contribution in [0.4, 0.5) is 20.2 Å². The molecule has 1 N–H and O–H groups in total. The summed E-state index contributed by atoms with van der Waals surface area (Å²) >= 11 is 0. The molecule has 0 spiro atoms. The third kappa shape index (κ3) is 3.96. The lowest BCUT2D eigenvalue weighted by Gasteiger charge is -2.17. The number of amides is 2. The molecule has 2 amide bonds. The lowest BCUT2D eigenvalue weighted by molar-refractivity contribution is -0.117. The van der Waals surface area contributed by atoms with Gasteiger partial charge in [0.05, 0.1) is 5.69 Å². The van der Waals surface area contributed by atoms with Crippen LogP contribution >= 0.6 is 0 Å². The van der Waals surface area contributed by atoms with Gasteiger partial charge < -0.3 is 10.2 Å². The minimum absolute atomic E-state index is 0.102. The van der Waals surface area contributed by atoms with Crippen molar-refractivity contribution in [2.24, 2.45) is 0 Å². The molecule has 1 aliphatic heterocycles. The molecule has 1 saturated heterocycles. The monoisotopic (exact) mass is 356 g/mol. The van der Waals surface area contributed by atoms with Crippen LogP contribution in [0.15, 0.2) is 48.5 Å². The molecule has 0 aromatic heterocycles. The number of carbonyl (C=O) groups is 2. The Labute approximate surface area is 150 Å². The second-order valence-electron chi connectivity index (χ2n) is 6.14. The molecule has 1 aliphatic rings. The van der Waals surface area contributed by atoms with E-state index in [1.165, 1.54) is 35.2 Å². The van der Waals surface area contributed by atoms with Gasteiger partial charge in [-0.2, -0.15) is 0 Å². The number of nitrogens with one attached hydrogen (secondary N) is 1. The molecule has 4 nitrogen and oxygen atoms in total. The highest BCUT2D eigenvalue weighted by Gasteiger charge is 2.24. The molecule has 2 aromatic carbocycles. The minimum Gasteiger partial charge on any atom is -0.322 e. The Bertz CT molecular complexity index is 893. The van der Waals surface area contributed by atoms with Crippen molar-refractivity contribution >= 4 is 28.8 Å². The minimum atomic E-state index is -0.566. The molecule has 26 heavy (non-hydrogen) atoms. The highest BCUT2D eigenvalue weighted by atomic mass is 19.1. The second kappa shape index (κ2) is 7.47. The lowest BCUT2D eigenvalue weighted by atomic mass is 10.1. The fraction of sp³-hybridized carbons (Fsp3) is 0.200. The molecule has 2 aromatic rings. The maximum Gasteiger partial charge on any atom is 0.248 e. The zero-order valence-corrected chi connectivity index (χ0v) is 14.3. The Morgan fingerprint density at radius 1 is 1.19 bits per heavy atom. The van der Waals surface area contributed by atoms with E-state index in [0.29, 0.717) is 30.5 Å². The van der Waals surface area contributed by atoms with E-state index in [0.717, 1.165) is 0 Å². The molecule has 0 aliphatic carbocycles. The number of rotatable bonds is 4. The topological polar surface area (TPSA) is 49.4 Å². The van der Waals surface area contributed by atoms with Crippen molar-refractivity contribution in [1.29, 1.82) is 0 Å². The van der Waals surface area contributed by atoms with Gasteiger partial charge in [-0.25, -0.2) is 8.78 Å². The molecule has 134 valence electrons. The van der Waals surface area contributed by atoms with Crippen LogP contribution in [0.25, 0.3) is 5.57 Å². The maximum absolute atomic E-state index is 14.3. The van der Waals surface area contributed by atoms with Crippen molar-refractivity contribution in [3.8, 4) is 0 Å². The predicted molar refractivity (Wildman–Crippen MR) is 96.7 cm³/mol. The van der Waals surface area contributed by atoms with Crippen LogP contribution in [-0.4, -0.2) is 18.4 Å². The van der Waals surface area contributed by atoms with Crippen LogP contribution in [0.2, 0.25) is 0 Å². The zero-order chi connectivity index (χ0) is 18.7. The first kappa shape index (κ1) is 17.8. The normalized spacial score (nSPS) is 14.7. The molecular weight excluding hydrogens is 338 g/mol. The van der Waals surface area contributed by atoms with E-state index >= 15 is 0 Å². The SMILES string of the molecule is C/C(=C/C(=O)Nc1ccc(N2CCCC2=O)c(F)c1)c1cccc(F)c1. The molecule has 6 heteroatoms. The largest absolute Gasteiger partial charge is 0.322 e. The Kier molecular flexibility index (Phi) is 5.11. The van der Waals surface area contributed by atoms with Crippen molar-refractivity contribution in [2.45, 2.75) is 19.8 Å². The Hall–Kier alpha value is -3.02. The summed E-state index contributed by atoms with van der Waals surface area (Å²) in [6, 6.07) is 10.1. The number of benzene rings is 2. The molecule has 1 heterocycles. The van der Waals surface area contributed by atoms with Gasteiger partial charge in [0.1, 0.15) is 11.6 Å². The Morgan fingerprint density at radius 3 is 2.65 bits per heavy atom. The average molecular weight is 356 g/mol. The molecule has 0 atom stereocenters. The summed E-state index contributed by atoms with van der Waals surface area (Å²) in [5, 5.41) is 2.57. The number of allylic oxidation sites excluding steroid dienone is 1. The van der Waals surface area contributed by atoms with E-state index in [4.69, 9.17) is 0 Å². The van der Waals surface area contributed by atoms with Crippen LogP contribution in [0.1, 0.15) is 25.3 Å². The molecule has 0 bridgehead atoms. The van der Waals surface area contributed by atoms with Gasteiger partial charge in [0.25, 0.3) is 0 Å². The molecule has 0 unspecified atom stereocenters. The lowest BCUT2D eigenvalue weighted by Crippen LogP contribution is -2.24. The Morgan fingerprint density at radius 2 is 2.00 bits per heavy atom. The van der Waals surface area contributed by atoms with Crippen molar-refractivity contribution in [3.63, 3.8) is 0 Å². The van der Waals surface area contributed by atoms with E-state index in [9.17, 15) is 18.4 Å². The summed E-state index contributed by atoms with van der Waals surface area (Å²) in [4.78, 5) is 25.3. The van der Waals surface area contributed by atoms with Gasteiger partial charge in [-0.1, -0.05) is 12.1 Å². The summed E-state index contributed by atoms with van der Waals surface area (Å²) in [5.41, 5.74) is 1.68. The second-order valence-corrected chi connectivity index (χ2v) is 6.14. The van der Waals surface area contributed by atoms with Crippen LogP contribution in [0.5, 0.6) is 0 Å². The van der Waals surface area contributed by atoms with Crippen molar-refractivity contribution < 1.29 is 18.4 Å². The average Bonchev–Trinajstić information content (AvgIpc) is 3.00. The van der Waals surface area contributed by atoms with Gasteiger partial charge in [0.2, 0.25) is 11.8 Å². The predicted octanol–water partition coefficient (Wildman–Crippen LogP) is 4.13. The fourth-order valence-electron chi connectivity index (χ4n) is 2.90. The van der Waals surface area contributed by atoms with Gasteiger partial charge in [-0.05, 0) is 54.8 Å². The molecule has 0 radical (unpaired) electrons. The first-order valence-corrected chi connectivity index (χ1v) is 8.29. The van der Waals surface area contributed by atoms with E-state index in [2.05, 4.69) is 5.32 Å². The summed E-state index contributed by atoms with van der Waals surface area (Å²) in [5.74, 6) is -1.50. The standard InChI is InChI=1S/C20H18F2N2O2/c1-13(14-4-2-5-15(21)11-14)10-19(25)23-16-7-8-18(17(22)12-16)24-9-3-6-20(24)26/h2,4-5,7-8,10-12H,3,6,9H2,1H3,(H,23,25)/b13-10-. The van der Waals surface area contributed by atoms with E-state index in [1.54, 1.807) is 25.1 Å². The number of nitrogens with zero attached hydrogens (tertiary/aromatic N) is 1. The van der Waals surface area contributed by atoms with E-state index < -0.39 is 11.7 Å². The van der Waals surface area contributed by atoms with Gasteiger partial charge in [-0.3, -0.25) is 9.59 Å². The summed E-state index contributed by atoms with van der Waals surface area (Å²) in [6.45, 7) is 2.19. The number of hydrogen-bond donors (Lipinski definition) is 1. The number of carbonyl (C=O) groups excluding carboxylic acids is 2. The van der Waals surface area contributed by atoms with Crippen LogP contribution in [-0.2, 0) is 9.59 Å². The summed E-state index contributed by atoms with van der Waals surface area (Å²) in [6.07, 6.45) is 2.45. The van der Waals surface area contributed by atoms with Gasteiger partial charge >= 0.3 is 0 Å². The number of anilines is 2. The molecule has 0 saturated carbocycles. The van der Waals surface area contributed by atoms with E-state index in [1.807, 2.05) is 0 Å². The van der Waals surface area contributed by atoms with Crippen LogP contribution in [0, 0.1) is 11.6 Å². The third-order valence-corrected chi connectivity index (χ3v) is 4.21. The van der Waals surface area contributed by atoms with Gasteiger partial charge in [0.15, 0.2) is 0 Å². The first-order valence-electron chi connectivity index (χ1n) is 8.29. The molecule has 3 rings (SSSR count). The van der Waals surface area contributed by atoms with Crippen molar-refractivity contribution in [2.75, 3.05) is 16.8 Å². The van der Waals surface area contributed by atoms with Gasteiger partial charge in [0, 0.05) is 24.7 Å². The molecular formula is C20H18F2N2O2. The van der Waals surface area contributed by atoms with Crippen molar-refractivity contribution in [3.05, 3.63) is 65.7 Å². The fourth-order valence-corrected chi connectivity index (χ4v) is 2.90. The third-order valence-electron chi connectivity index (χ3n) is 4.21. The van der Waals surface area contributed by atoms with Crippen molar-refractivity contribution in [1.82, 2.24) is 0 Å². The maximum atomic E-state index is 14.3. The highest BCUT2D eigenvalue weighted by Crippen LogP contribution is 2.27. The zero-order valence-electron chi connectivity index (χ0n) is 14.3. The quantitative estimate of drug-likeness (QED) is 0.838. The van der Waals surface area contributed by atoms with Crippen LogP contribution in [0.3, 0.4) is 0 Å². The summed E-state index contributed by atoms with van der Waals surface area (Å²) in [7, 11) is 0. The Balaban J connectivity index is 1.72.